The first-order chi connectivity index (χ1) is 17.0. The molecule has 4 rings (SSSR count). The third-order valence-electron chi connectivity index (χ3n) is 5.70. The van der Waals surface area contributed by atoms with E-state index in [4.69, 9.17) is 16.6 Å². The number of hydrogen-bond donors (Lipinski definition) is 2. The molecule has 0 unspecified atom stereocenters. The number of fused-ring (bicyclic) bond motifs is 1. The smallest absolute Gasteiger partial charge is 0.263 e. The molecule has 0 aliphatic carbocycles. The molecule has 0 fully saturated rings. The largest absolute Gasteiger partial charge is 0.491 e. The van der Waals surface area contributed by atoms with Crippen molar-refractivity contribution in [3.8, 4) is 17.2 Å². The lowest BCUT2D eigenvalue weighted by Gasteiger charge is -2.14. The predicted molar refractivity (Wildman–Crippen MR) is 130 cm³/mol. The van der Waals surface area contributed by atoms with Gasteiger partial charge in [-0.05, 0) is 73.9 Å². The molecule has 1 aromatic heterocycles. The summed E-state index contributed by atoms with van der Waals surface area (Å²) in [5.41, 5.74) is 3.68. The highest BCUT2D eigenvalue weighted by Crippen LogP contribution is 2.32. The average molecular weight is 518 g/mol. The third kappa shape index (κ3) is 4.37. The van der Waals surface area contributed by atoms with Crippen molar-refractivity contribution in [1.29, 1.82) is 0 Å². The van der Waals surface area contributed by atoms with Crippen LogP contribution in [0.15, 0.2) is 34.7 Å². The van der Waals surface area contributed by atoms with Crippen molar-refractivity contribution in [2.75, 3.05) is 12.4 Å². The minimum absolute atomic E-state index is 0.361. The fourth-order valence-electron chi connectivity index (χ4n) is 3.61. The van der Waals surface area contributed by atoms with Gasteiger partial charge in [-0.2, -0.15) is 8.78 Å². The predicted octanol–water partition coefficient (Wildman–Crippen LogP) is 6.11. The number of anilines is 1. The molecule has 0 spiro atoms. The van der Waals surface area contributed by atoms with Gasteiger partial charge in [0.05, 0.1) is 7.11 Å². The summed E-state index contributed by atoms with van der Waals surface area (Å²) >= 11 is 5.07. The fourth-order valence-corrected chi connectivity index (χ4v) is 3.81. The van der Waals surface area contributed by atoms with Crippen molar-refractivity contribution < 1.29 is 31.5 Å². The lowest BCUT2D eigenvalue weighted by molar-refractivity contribution is 0.0966. The Kier molecular flexibility index (Phi) is 6.68. The number of carbonyl (C=O) groups excluding carboxylic acids is 1. The summed E-state index contributed by atoms with van der Waals surface area (Å²) in [5.74, 6) is -9.91. The number of oxazole rings is 1. The number of amides is 1. The molecular weight excluding hydrogens is 498 g/mol. The molecule has 1 amide bonds. The van der Waals surface area contributed by atoms with E-state index in [2.05, 4.69) is 15.0 Å². The van der Waals surface area contributed by atoms with E-state index in [1.807, 2.05) is 31.3 Å². The SMILES string of the molecule is COc1c(F)c(F)c(C(=O)NC(=S)Nc2cccc(-c3nc4cc(C)c(C)cc4o3)c2C)c(F)c1F. The summed E-state index contributed by atoms with van der Waals surface area (Å²) in [6.07, 6.45) is 0. The first kappa shape index (κ1) is 25.1. The molecule has 0 aliphatic rings. The molecular formula is C25H19F4N3O3S. The summed E-state index contributed by atoms with van der Waals surface area (Å²) in [6, 6.07) is 8.92. The number of hydrogen-bond acceptors (Lipinski definition) is 5. The number of thiocarbonyl (C=S) groups is 1. The van der Waals surface area contributed by atoms with E-state index in [-0.39, 0.29) is 5.11 Å². The Labute approximate surface area is 208 Å². The monoisotopic (exact) mass is 517 g/mol. The molecule has 1 heterocycles. The first-order valence-electron chi connectivity index (χ1n) is 10.5. The second kappa shape index (κ2) is 9.57. The molecule has 0 bridgehead atoms. The number of methoxy groups -OCH3 is 1. The normalized spacial score (nSPS) is 11.0. The van der Waals surface area contributed by atoms with Gasteiger partial charge in [0.15, 0.2) is 28.1 Å². The Balaban J connectivity index is 1.59. The lowest BCUT2D eigenvalue weighted by atomic mass is 10.1. The molecule has 0 radical (unpaired) electrons. The maximum atomic E-state index is 14.3. The Morgan fingerprint density at radius 3 is 2.28 bits per heavy atom. The summed E-state index contributed by atoms with van der Waals surface area (Å²) in [7, 11) is 0.832. The van der Waals surface area contributed by atoms with E-state index >= 15 is 0 Å². The number of ether oxygens (including phenoxy) is 1. The first-order valence-corrected chi connectivity index (χ1v) is 10.9. The van der Waals surface area contributed by atoms with Crippen LogP contribution in [0.3, 0.4) is 0 Å². The van der Waals surface area contributed by atoms with Crippen molar-refractivity contribution in [2.24, 2.45) is 0 Å². The molecule has 186 valence electrons. The van der Waals surface area contributed by atoms with Crippen LogP contribution >= 0.6 is 12.2 Å². The Hall–Kier alpha value is -3.99. The zero-order chi connectivity index (χ0) is 26.3. The Morgan fingerprint density at radius 1 is 1.00 bits per heavy atom. The van der Waals surface area contributed by atoms with Gasteiger partial charge in [-0.3, -0.25) is 10.1 Å². The highest BCUT2D eigenvalue weighted by molar-refractivity contribution is 7.80. The number of aromatic nitrogens is 1. The number of nitrogens with zero attached hydrogens (tertiary/aromatic N) is 1. The van der Waals surface area contributed by atoms with Gasteiger partial charge >= 0.3 is 0 Å². The highest BCUT2D eigenvalue weighted by Gasteiger charge is 2.30. The van der Waals surface area contributed by atoms with Crippen LogP contribution in [-0.4, -0.2) is 23.1 Å². The van der Waals surface area contributed by atoms with Gasteiger partial charge in [0.1, 0.15) is 11.1 Å². The maximum absolute atomic E-state index is 14.3. The maximum Gasteiger partial charge on any atom is 0.263 e. The van der Waals surface area contributed by atoms with Gasteiger partial charge in [0.2, 0.25) is 17.5 Å². The molecule has 4 aromatic rings. The van der Waals surface area contributed by atoms with Crippen LogP contribution < -0.4 is 15.4 Å². The van der Waals surface area contributed by atoms with Crippen molar-refractivity contribution in [3.05, 3.63) is 75.9 Å². The Morgan fingerprint density at radius 2 is 1.64 bits per heavy atom. The summed E-state index contributed by atoms with van der Waals surface area (Å²) in [4.78, 5) is 16.9. The molecule has 0 atom stereocenters. The van der Waals surface area contributed by atoms with Crippen molar-refractivity contribution >= 4 is 40.0 Å². The highest BCUT2D eigenvalue weighted by atomic mass is 32.1. The van der Waals surface area contributed by atoms with Gasteiger partial charge in [0, 0.05) is 11.3 Å². The van der Waals surface area contributed by atoms with Gasteiger partial charge in [-0.15, -0.1) is 0 Å². The minimum atomic E-state index is -1.91. The van der Waals surface area contributed by atoms with Crippen molar-refractivity contribution in [2.45, 2.75) is 20.8 Å². The van der Waals surface area contributed by atoms with Crippen LogP contribution in [0.5, 0.6) is 5.75 Å². The zero-order valence-corrected chi connectivity index (χ0v) is 20.3. The number of benzene rings is 3. The average Bonchev–Trinajstić information content (AvgIpc) is 3.22. The molecule has 6 nitrogen and oxygen atoms in total. The number of rotatable bonds is 4. The number of aryl methyl sites for hydroxylation is 2. The summed E-state index contributed by atoms with van der Waals surface area (Å²) < 4.78 is 66.7. The molecule has 36 heavy (non-hydrogen) atoms. The van der Waals surface area contributed by atoms with E-state index in [9.17, 15) is 22.4 Å². The van der Waals surface area contributed by atoms with Crippen molar-refractivity contribution in [3.63, 3.8) is 0 Å². The second-order valence-electron chi connectivity index (χ2n) is 7.97. The van der Waals surface area contributed by atoms with E-state index in [0.717, 1.165) is 18.2 Å². The number of halogens is 4. The molecule has 0 aliphatic heterocycles. The van der Waals surface area contributed by atoms with Crippen LogP contribution in [-0.2, 0) is 0 Å². The quantitative estimate of drug-likeness (QED) is 0.193. The van der Waals surface area contributed by atoms with E-state index in [1.165, 1.54) is 0 Å². The van der Waals surface area contributed by atoms with Crippen LogP contribution in [0.25, 0.3) is 22.6 Å². The van der Waals surface area contributed by atoms with Crippen LogP contribution in [0.1, 0.15) is 27.0 Å². The lowest BCUT2D eigenvalue weighted by Crippen LogP contribution is -2.35. The standard InChI is InChI=1S/C25H19F4N3O3S/c1-10-8-15-16(9-11(10)2)35-24(30-15)13-6-5-7-14(12(13)3)31-25(36)32-23(33)17-18(26)20(28)22(34-4)21(29)19(17)27/h5-9H,1-4H3,(H2,31,32,33,36). The Bertz CT molecular complexity index is 1480. The number of carbonyl (C=O) groups is 1. The molecule has 2 N–H and O–H groups in total. The van der Waals surface area contributed by atoms with E-state index < -0.39 is 40.5 Å². The van der Waals surface area contributed by atoms with Crippen LogP contribution in [0.2, 0.25) is 0 Å². The van der Waals surface area contributed by atoms with Gasteiger partial charge in [-0.1, -0.05) is 6.07 Å². The minimum Gasteiger partial charge on any atom is -0.491 e. The van der Waals surface area contributed by atoms with E-state index in [1.54, 1.807) is 25.1 Å². The van der Waals surface area contributed by atoms with Crippen LogP contribution in [0.4, 0.5) is 23.2 Å². The topological polar surface area (TPSA) is 76.4 Å². The van der Waals surface area contributed by atoms with Gasteiger partial charge in [0.25, 0.3) is 5.91 Å². The van der Waals surface area contributed by atoms with Crippen LogP contribution in [0, 0.1) is 44.0 Å². The molecule has 0 saturated carbocycles. The number of nitrogens with one attached hydrogen (secondary N) is 2. The van der Waals surface area contributed by atoms with Gasteiger partial charge in [-0.25, -0.2) is 13.8 Å². The van der Waals surface area contributed by atoms with E-state index in [0.29, 0.717) is 33.8 Å². The third-order valence-corrected chi connectivity index (χ3v) is 5.90. The fraction of sp³-hybridized carbons (Fsp3) is 0.160. The summed E-state index contributed by atoms with van der Waals surface area (Å²) in [5, 5.41) is 4.40. The molecule has 0 saturated heterocycles. The second-order valence-corrected chi connectivity index (χ2v) is 8.38. The van der Waals surface area contributed by atoms with Gasteiger partial charge < -0.3 is 14.5 Å². The molecule has 11 heteroatoms. The zero-order valence-electron chi connectivity index (χ0n) is 19.5. The molecule has 3 aromatic carbocycles. The summed E-state index contributed by atoms with van der Waals surface area (Å²) in [6.45, 7) is 5.69. The van der Waals surface area contributed by atoms with Crippen molar-refractivity contribution in [1.82, 2.24) is 10.3 Å².